The quantitative estimate of drug-likeness (QED) is 0.305. The van der Waals surface area contributed by atoms with Crippen LogP contribution in [-0.4, -0.2) is 0 Å². The molecule has 0 aliphatic rings. The van der Waals surface area contributed by atoms with Crippen LogP contribution in [0.15, 0.2) is 86.0 Å². The van der Waals surface area contributed by atoms with Gasteiger partial charge in [-0.1, -0.05) is 72.8 Å². The highest BCUT2D eigenvalue weighted by Gasteiger charge is 2.14. The molecule has 30 heavy (non-hydrogen) atoms. The van der Waals surface area contributed by atoms with Gasteiger partial charge < -0.3 is 0 Å². The summed E-state index contributed by atoms with van der Waals surface area (Å²) in [4.78, 5) is 0. The molecule has 2 heteroatoms. The van der Waals surface area contributed by atoms with E-state index in [2.05, 4.69) is 37.4 Å². The fourth-order valence-electron chi connectivity index (χ4n) is 3.54. The maximum absolute atomic E-state index is 14.5. The lowest BCUT2D eigenvalue weighted by atomic mass is 9.97. The number of hydrogen-bond donors (Lipinski definition) is 0. The zero-order chi connectivity index (χ0) is 21.3. The molecule has 3 aromatic rings. The first-order valence-corrected chi connectivity index (χ1v) is 10.5. The molecule has 0 unspecified atom stereocenters. The summed E-state index contributed by atoms with van der Waals surface area (Å²) in [5.74, 6) is -1.53. The molecule has 0 nitrogen and oxygen atoms in total. The Morgan fingerprint density at radius 1 is 0.567 bits per heavy atom. The second-order valence-corrected chi connectivity index (χ2v) is 7.57. The van der Waals surface area contributed by atoms with Crippen molar-refractivity contribution in [2.45, 2.75) is 38.5 Å². The van der Waals surface area contributed by atoms with Gasteiger partial charge >= 0.3 is 0 Å². The summed E-state index contributed by atoms with van der Waals surface area (Å²) in [6.45, 7) is 7.39. The van der Waals surface area contributed by atoms with Crippen molar-refractivity contribution in [1.29, 1.82) is 0 Å². The van der Waals surface area contributed by atoms with Gasteiger partial charge in [-0.25, -0.2) is 8.78 Å². The minimum absolute atomic E-state index is 0.302. The molecule has 0 heterocycles. The molecule has 3 aromatic carbocycles. The Balaban J connectivity index is 1.64. The van der Waals surface area contributed by atoms with Crippen LogP contribution in [0.5, 0.6) is 0 Å². The molecule has 154 valence electrons. The molecule has 0 saturated heterocycles. The summed E-state index contributed by atoms with van der Waals surface area (Å²) in [5.41, 5.74) is 5.19. The minimum Gasteiger partial charge on any atom is -0.203 e. The molecule has 0 fully saturated rings. The van der Waals surface area contributed by atoms with Gasteiger partial charge in [-0.3, -0.25) is 0 Å². The zero-order valence-corrected chi connectivity index (χ0v) is 17.3. The van der Waals surface area contributed by atoms with Crippen LogP contribution in [0.3, 0.4) is 0 Å². The highest BCUT2D eigenvalue weighted by molar-refractivity contribution is 5.65. The third kappa shape index (κ3) is 5.54. The van der Waals surface area contributed by atoms with E-state index in [4.69, 9.17) is 0 Å². The Labute approximate surface area is 178 Å². The molecular weight excluding hydrogens is 374 g/mol. The van der Waals surface area contributed by atoms with Gasteiger partial charge in [-0.2, -0.15) is 0 Å². The molecule has 0 bridgehead atoms. The molecule has 0 aliphatic heterocycles. The minimum atomic E-state index is -0.777. The molecule has 0 N–H and O–H groups in total. The number of rotatable bonds is 10. The van der Waals surface area contributed by atoms with Gasteiger partial charge in [0.25, 0.3) is 0 Å². The smallest absolute Gasteiger partial charge is 0.166 e. The van der Waals surface area contributed by atoms with Crippen LogP contribution < -0.4 is 0 Å². The van der Waals surface area contributed by atoms with E-state index in [0.717, 1.165) is 25.7 Å². The fourth-order valence-corrected chi connectivity index (χ4v) is 3.54. The molecule has 0 aromatic heterocycles. The summed E-state index contributed by atoms with van der Waals surface area (Å²) >= 11 is 0. The lowest BCUT2D eigenvalue weighted by Crippen LogP contribution is -1.97. The number of hydrogen-bond acceptors (Lipinski definition) is 0. The highest BCUT2D eigenvalue weighted by Crippen LogP contribution is 2.27. The van der Waals surface area contributed by atoms with Crippen molar-refractivity contribution in [3.05, 3.63) is 120 Å². The van der Waals surface area contributed by atoms with E-state index in [9.17, 15) is 8.78 Å². The normalized spacial score (nSPS) is 10.7. The molecule has 0 radical (unpaired) electrons. The zero-order valence-electron chi connectivity index (χ0n) is 17.3. The van der Waals surface area contributed by atoms with Crippen molar-refractivity contribution in [3.8, 4) is 11.1 Å². The molecule has 0 atom stereocenters. The third-order valence-corrected chi connectivity index (χ3v) is 5.41. The average molecular weight is 403 g/mol. The Morgan fingerprint density at radius 2 is 1.07 bits per heavy atom. The van der Waals surface area contributed by atoms with Crippen LogP contribution >= 0.6 is 0 Å². The van der Waals surface area contributed by atoms with E-state index < -0.39 is 11.6 Å². The summed E-state index contributed by atoms with van der Waals surface area (Å²) in [5, 5.41) is 0. The highest BCUT2D eigenvalue weighted by atomic mass is 19.2. The van der Waals surface area contributed by atoms with Crippen molar-refractivity contribution in [3.63, 3.8) is 0 Å². The summed E-state index contributed by atoms with van der Waals surface area (Å²) in [6, 6.07) is 19.8. The first-order valence-electron chi connectivity index (χ1n) is 10.5. The number of benzene rings is 3. The second kappa shape index (κ2) is 10.7. The molecule has 3 rings (SSSR count). The van der Waals surface area contributed by atoms with Crippen LogP contribution in [0.4, 0.5) is 8.78 Å². The summed E-state index contributed by atoms with van der Waals surface area (Å²) in [6.07, 6.45) is 8.61. The van der Waals surface area contributed by atoms with Gasteiger partial charge in [-0.05, 0) is 66.3 Å². The van der Waals surface area contributed by atoms with Crippen molar-refractivity contribution in [2.75, 3.05) is 0 Å². The first kappa shape index (κ1) is 21.7. The number of allylic oxidation sites excluding steroid dienone is 2. The van der Waals surface area contributed by atoms with Crippen molar-refractivity contribution < 1.29 is 8.78 Å². The molecule has 0 aliphatic carbocycles. The monoisotopic (exact) mass is 402 g/mol. The van der Waals surface area contributed by atoms with E-state index in [1.165, 1.54) is 16.7 Å². The second-order valence-electron chi connectivity index (χ2n) is 7.57. The molecule has 0 amide bonds. The standard InChI is InChI=1S/C28H28F2/c1-3-5-7-21-9-11-22(12-10-21)13-14-23-15-17-24(18-16-23)26-20-19-25(8-6-4-2)27(29)28(26)30/h3-4,9-12,15-20H,1-2,5-8,13-14H2. The van der Waals surface area contributed by atoms with E-state index in [0.29, 0.717) is 29.5 Å². The van der Waals surface area contributed by atoms with Crippen LogP contribution in [0.2, 0.25) is 0 Å². The number of aryl methyl sites for hydroxylation is 4. The van der Waals surface area contributed by atoms with Gasteiger partial charge in [0, 0.05) is 5.56 Å². The van der Waals surface area contributed by atoms with Crippen LogP contribution in [0.25, 0.3) is 11.1 Å². The van der Waals surface area contributed by atoms with Crippen LogP contribution in [-0.2, 0) is 25.7 Å². The van der Waals surface area contributed by atoms with E-state index in [-0.39, 0.29) is 0 Å². The largest absolute Gasteiger partial charge is 0.203 e. The Bertz CT molecular complexity index is 982. The van der Waals surface area contributed by atoms with Gasteiger partial charge in [0.1, 0.15) is 0 Å². The predicted octanol–water partition coefficient (Wildman–Crippen LogP) is 7.65. The van der Waals surface area contributed by atoms with Crippen LogP contribution in [0, 0.1) is 11.6 Å². The first-order chi connectivity index (χ1) is 14.6. The van der Waals surface area contributed by atoms with Gasteiger partial charge in [-0.15, -0.1) is 13.2 Å². The predicted molar refractivity (Wildman–Crippen MR) is 123 cm³/mol. The fraction of sp³-hybridized carbons (Fsp3) is 0.214. The van der Waals surface area contributed by atoms with Crippen molar-refractivity contribution in [2.24, 2.45) is 0 Å². The van der Waals surface area contributed by atoms with Crippen molar-refractivity contribution >= 4 is 0 Å². The van der Waals surface area contributed by atoms with Gasteiger partial charge in [0.15, 0.2) is 11.6 Å². The van der Waals surface area contributed by atoms with Gasteiger partial charge in [0.05, 0.1) is 0 Å². The Hall–Kier alpha value is -3.00. The Morgan fingerprint density at radius 3 is 1.63 bits per heavy atom. The number of halogens is 2. The molecular formula is C28H28F2. The van der Waals surface area contributed by atoms with E-state index in [1.807, 2.05) is 30.3 Å². The van der Waals surface area contributed by atoms with Crippen LogP contribution in [0.1, 0.15) is 35.1 Å². The third-order valence-electron chi connectivity index (χ3n) is 5.41. The van der Waals surface area contributed by atoms with Gasteiger partial charge in [0.2, 0.25) is 0 Å². The van der Waals surface area contributed by atoms with E-state index >= 15 is 0 Å². The molecule has 0 spiro atoms. The lowest BCUT2D eigenvalue weighted by molar-refractivity contribution is 0.501. The lowest BCUT2D eigenvalue weighted by Gasteiger charge is -2.09. The SMILES string of the molecule is C=CCCc1ccc(CCc2ccc(-c3ccc(CCC=C)c(F)c3F)cc2)cc1. The maximum atomic E-state index is 14.5. The maximum Gasteiger partial charge on any atom is 0.166 e. The molecule has 0 saturated carbocycles. The summed E-state index contributed by atoms with van der Waals surface area (Å²) < 4.78 is 28.9. The average Bonchev–Trinajstić information content (AvgIpc) is 2.78. The topological polar surface area (TPSA) is 0 Å². The van der Waals surface area contributed by atoms with E-state index in [1.54, 1.807) is 18.2 Å². The Kier molecular flexibility index (Phi) is 7.73. The van der Waals surface area contributed by atoms with Crippen molar-refractivity contribution in [1.82, 2.24) is 0 Å². The summed E-state index contributed by atoms with van der Waals surface area (Å²) in [7, 11) is 0.